The van der Waals surface area contributed by atoms with Crippen molar-refractivity contribution in [1.82, 2.24) is 19.5 Å². The Morgan fingerprint density at radius 3 is 1.57 bits per heavy atom. The lowest BCUT2D eigenvalue weighted by atomic mass is 10.0. The molecule has 0 saturated heterocycles. The minimum Gasteiger partial charge on any atom is -0.309 e. The third kappa shape index (κ3) is 5.35. The van der Waals surface area contributed by atoms with Gasteiger partial charge in [0.1, 0.15) is 0 Å². The van der Waals surface area contributed by atoms with E-state index in [9.17, 15) is 1.37 Å². The molecular weight excluding hydrogens is 597 g/mol. The first-order valence-corrected chi connectivity index (χ1v) is 15.7. The average molecular weight is 636 g/mol. The van der Waals surface area contributed by atoms with Gasteiger partial charge >= 0.3 is 0 Å². The van der Waals surface area contributed by atoms with Gasteiger partial charge in [0.2, 0.25) is 0 Å². The Hall–Kier alpha value is -6.65. The Morgan fingerprint density at radius 1 is 0.367 bits per heavy atom. The first-order chi connectivity index (χ1) is 28.0. The monoisotopic (exact) mass is 635 g/mol. The van der Waals surface area contributed by atoms with E-state index in [1.165, 1.54) is 0 Å². The van der Waals surface area contributed by atoms with Crippen LogP contribution < -0.4 is 0 Å². The van der Waals surface area contributed by atoms with Crippen molar-refractivity contribution in [3.8, 4) is 62.1 Å². The second-order valence-corrected chi connectivity index (χ2v) is 11.5. The number of benzene rings is 7. The highest BCUT2D eigenvalue weighted by molar-refractivity contribution is 6.10. The van der Waals surface area contributed by atoms with Crippen molar-refractivity contribution < 1.29 is 12.3 Å². The Kier molecular flexibility index (Phi) is 5.11. The SMILES string of the molecule is [2H]c1c([2H])c([2H])c(-c2ccc3c4c([2H])c([2H])c([2H])c([2H])c4n(-c4cc(-c5ccccc5)cc(-c5nc(-c6ccccc6)nc(-c6ccccc6)n5)c4)c3c2)c([2H])c1[2H]. The van der Waals surface area contributed by atoms with Gasteiger partial charge in [-0.1, -0.05) is 151 Å². The molecule has 0 atom stereocenters. The van der Waals surface area contributed by atoms with Crippen molar-refractivity contribution in [3.63, 3.8) is 0 Å². The van der Waals surface area contributed by atoms with E-state index in [4.69, 9.17) is 25.9 Å². The Morgan fingerprint density at radius 2 is 0.918 bits per heavy atom. The lowest BCUT2D eigenvalue weighted by molar-refractivity contribution is 1.07. The van der Waals surface area contributed by atoms with Crippen molar-refractivity contribution >= 4 is 21.8 Å². The predicted molar refractivity (Wildman–Crippen MR) is 201 cm³/mol. The minimum absolute atomic E-state index is 0.00458. The highest BCUT2D eigenvalue weighted by Gasteiger charge is 2.18. The van der Waals surface area contributed by atoms with E-state index in [1.54, 1.807) is 22.8 Å². The van der Waals surface area contributed by atoms with Gasteiger partial charge in [-0.25, -0.2) is 15.0 Å². The summed E-state index contributed by atoms with van der Waals surface area (Å²) >= 11 is 0. The first-order valence-electron chi connectivity index (χ1n) is 20.2. The quantitative estimate of drug-likeness (QED) is 0.183. The summed E-state index contributed by atoms with van der Waals surface area (Å²) in [6, 6.07) is 36.2. The van der Waals surface area contributed by atoms with Gasteiger partial charge in [0.25, 0.3) is 0 Å². The van der Waals surface area contributed by atoms with Gasteiger partial charge < -0.3 is 4.57 Å². The van der Waals surface area contributed by atoms with Crippen LogP contribution in [0.3, 0.4) is 0 Å². The molecule has 4 nitrogen and oxygen atoms in total. The number of nitrogens with zero attached hydrogens (tertiary/aromatic N) is 4. The molecule has 0 aliphatic heterocycles. The van der Waals surface area contributed by atoms with E-state index in [1.807, 2.05) is 109 Å². The Bertz CT molecular complexity index is 3010. The van der Waals surface area contributed by atoms with E-state index >= 15 is 0 Å². The second kappa shape index (κ2) is 12.2. The van der Waals surface area contributed by atoms with E-state index in [0.717, 1.165) is 22.3 Å². The molecule has 0 spiro atoms. The molecule has 0 aliphatic rings. The molecular formula is C45H30N4. The zero-order valence-corrected chi connectivity index (χ0v) is 25.9. The Balaban J connectivity index is 1.39. The molecule has 9 aromatic rings. The van der Waals surface area contributed by atoms with Crippen molar-refractivity contribution in [2.24, 2.45) is 0 Å². The Labute approximate surface area is 297 Å². The molecule has 0 radical (unpaired) electrons. The van der Waals surface area contributed by atoms with E-state index in [2.05, 4.69) is 0 Å². The molecule has 2 heterocycles. The molecule has 2 aromatic heterocycles. The van der Waals surface area contributed by atoms with Crippen molar-refractivity contribution in [1.29, 1.82) is 0 Å². The molecule has 7 aromatic carbocycles. The molecule has 0 amide bonds. The van der Waals surface area contributed by atoms with Crippen LogP contribution in [-0.2, 0) is 0 Å². The number of rotatable bonds is 6. The van der Waals surface area contributed by atoms with Crippen LogP contribution in [0.5, 0.6) is 0 Å². The standard InChI is InChI=1S/C45H30N4/c1-5-15-31(16-6-1)35-25-26-40-39-23-13-14-24-41(39)49(42(40)30-35)38-28-36(32-17-7-2-8-18-32)27-37(29-38)45-47-43(33-19-9-3-10-20-33)46-44(48-45)34-21-11-4-12-22-34/h1-30H/i1D,5D,6D,13D,14D,15D,16D,23D,24D. The molecule has 0 unspecified atom stereocenters. The van der Waals surface area contributed by atoms with Gasteiger partial charge in [-0.05, 0) is 52.6 Å². The van der Waals surface area contributed by atoms with Crippen molar-refractivity contribution in [2.45, 2.75) is 0 Å². The van der Waals surface area contributed by atoms with Gasteiger partial charge in [-0.15, -0.1) is 0 Å². The highest BCUT2D eigenvalue weighted by Crippen LogP contribution is 2.37. The number of hydrogen-bond donors (Lipinski definition) is 0. The van der Waals surface area contributed by atoms with Crippen LogP contribution in [0.1, 0.15) is 12.3 Å². The molecule has 0 aliphatic carbocycles. The predicted octanol–water partition coefficient (Wildman–Crippen LogP) is 11.3. The summed E-state index contributed by atoms with van der Waals surface area (Å²) in [6.07, 6.45) is 0. The maximum atomic E-state index is 9.22. The van der Waals surface area contributed by atoms with Crippen LogP contribution in [-0.4, -0.2) is 19.5 Å². The highest BCUT2D eigenvalue weighted by atomic mass is 15.0. The summed E-state index contributed by atoms with van der Waals surface area (Å²) in [7, 11) is 0. The minimum atomic E-state index is -0.507. The number of hydrogen-bond acceptors (Lipinski definition) is 3. The summed E-state index contributed by atoms with van der Waals surface area (Å²) in [5.41, 5.74) is 5.31. The fourth-order valence-corrected chi connectivity index (χ4v) is 6.14. The van der Waals surface area contributed by atoms with Gasteiger partial charge in [-0.3, -0.25) is 0 Å². The average Bonchev–Trinajstić information content (AvgIpc) is 3.61. The third-order valence-electron chi connectivity index (χ3n) is 8.43. The van der Waals surface area contributed by atoms with Crippen molar-refractivity contribution in [3.05, 3.63) is 182 Å². The van der Waals surface area contributed by atoms with Crippen LogP contribution in [0.25, 0.3) is 83.9 Å². The molecule has 4 heteroatoms. The van der Waals surface area contributed by atoms with Crippen LogP contribution in [0.4, 0.5) is 0 Å². The van der Waals surface area contributed by atoms with Gasteiger partial charge in [-0.2, -0.15) is 0 Å². The van der Waals surface area contributed by atoms with Crippen LogP contribution in [0.2, 0.25) is 0 Å². The van der Waals surface area contributed by atoms with Gasteiger partial charge in [0, 0.05) is 33.2 Å². The normalized spacial score (nSPS) is 13.8. The summed E-state index contributed by atoms with van der Waals surface area (Å²) in [6.45, 7) is 0. The zero-order valence-electron chi connectivity index (χ0n) is 34.9. The lowest BCUT2D eigenvalue weighted by Gasteiger charge is -2.15. The largest absolute Gasteiger partial charge is 0.309 e. The second-order valence-electron chi connectivity index (χ2n) is 11.5. The topological polar surface area (TPSA) is 43.6 Å². The summed E-state index contributed by atoms with van der Waals surface area (Å²) in [5, 5.41) is 0.765. The number of para-hydroxylation sites is 1. The molecule has 0 saturated carbocycles. The number of aromatic nitrogens is 4. The fraction of sp³-hybridized carbons (Fsp3) is 0. The molecule has 9 rings (SSSR count). The summed E-state index contributed by atoms with van der Waals surface area (Å²) < 4.78 is 79.6. The fourth-order valence-electron chi connectivity index (χ4n) is 6.14. The van der Waals surface area contributed by atoms with E-state index in [-0.39, 0.29) is 40.6 Å². The third-order valence-corrected chi connectivity index (χ3v) is 8.43. The van der Waals surface area contributed by atoms with Crippen LogP contribution >= 0.6 is 0 Å². The maximum absolute atomic E-state index is 9.22. The van der Waals surface area contributed by atoms with Crippen LogP contribution in [0.15, 0.2) is 182 Å². The molecule has 230 valence electrons. The lowest BCUT2D eigenvalue weighted by Crippen LogP contribution is -2.01. The van der Waals surface area contributed by atoms with Gasteiger partial charge in [0.05, 0.1) is 23.4 Å². The molecule has 0 N–H and O–H groups in total. The number of fused-ring (bicyclic) bond motifs is 3. The smallest absolute Gasteiger partial charge is 0.164 e. The van der Waals surface area contributed by atoms with Crippen LogP contribution in [0, 0.1) is 0 Å². The molecule has 49 heavy (non-hydrogen) atoms. The van der Waals surface area contributed by atoms with Crippen molar-refractivity contribution in [2.75, 3.05) is 0 Å². The zero-order chi connectivity index (χ0) is 40.4. The van der Waals surface area contributed by atoms with E-state index < -0.39 is 30.2 Å². The molecule has 0 bridgehead atoms. The van der Waals surface area contributed by atoms with E-state index in [0.29, 0.717) is 45.2 Å². The summed E-state index contributed by atoms with van der Waals surface area (Å²) in [5.74, 6) is 1.30. The van der Waals surface area contributed by atoms with Gasteiger partial charge in [0.15, 0.2) is 17.5 Å². The molecule has 0 fully saturated rings. The maximum Gasteiger partial charge on any atom is 0.164 e. The summed E-state index contributed by atoms with van der Waals surface area (Å²) in [4.78, 5) is 14.8. The first kappa shape index (κ1) is 20.6.